The largest absolute Gasteiger partial charge is 0.490 e. The van der Waals surface area contributed by atoms with Crippen molar-refractivity contribution < 1.29 is 42.9 Å². The molecule has 0 bridgehead atoms. The standard InChI is InChI=1S/C30H41N3O4.C2HF3O2/c1-22(30(37,25-10-4-2-5-11-25)26-12-6-3-7-13-26)31-29(36)32-27-16-14-23(15-17-27)18-20-33-19-8-9-24(21-33)28(34)35;3-2(4,5)1(6)7/h2-7,10-13,22-24,27,37H,8-9,14-21H2,1H3,(H,34,35)(H2,31,32,36);(H,6,7)/t22-,23?,24?,27?;/m1./s1. The van der Waals surface area contributed by atoms with Gasteiger partial charge in [-0.1, -0.05) is 60.7 Å². The fourth-order valence-electron chi connectivity index (χ4n) is 6.00. The molecular weight excluding hydrogens is 579 g/mol. The number of likely N-dealkylation sites (tertiary alicyclic amines) is 1. The summed E-state index contributed by atoms with van der Waals surface area (Å²) in [5.74, 6) is -3.04. The number of amides is 2. The van der Waals surface area contributed by atoms with Gasteiger partial charge in [-0.05, 0) is 82.0 Å². The third-order valence-electron chi connectivity index (χ3n) is 8.53. The van der Waals surface area contributed by atoms with Crippen LogP contribution in [0.1, 0.15) is 63.0 Å². The number of hydrogen-bond acceptors (Lipinski definition) is 5. The summed E-state index contributed by atoms with van der Waals surface area (Å²) in [5, 5.41) is 34.4. The molecule has 2 atom stereocenters. The molecule has 2 aromatic carbocycles. The third-order valence-corrected chi connectivity index (χ3v) is 8.53. The van der Waals surface area contributed by atoms with Crippen LogP contribution in [0.3, 0.4) is 0 Å². The van der Waals surface area contributed by atoms with Crippen LogP contribution in [-0.2, 0) is 15.2 Å². The second-order valence-corrected chi connectivity index (χ2v) is 11.6. The minimum absolute atomic E-state index is 0.122. The van der Waals surface area contributed by atoms with Gasteiger partial charge in [-0.3, -0.25) is 4.79 Å². The summed E-state index contributed by atoms with van der Waals surface area (Å²) >= 11 is 0. The lowest BCUT2D eigenvalue weighted by Gasteiger charge is -2.36. The summed E-state index contributed by atoms with van der Waals surface area (Å²) < 4.78 is 31.7. The molecule has 44 heavy (non-hydrogen) atoms. The van der Waals surface area contributed by atoms with Gasteiger partial charge >= 0.3 is 24.1 Å². The Morgan fingerprint density at radius 1 is 0.909 bits per heavy atom. The van der Waals surface area contributed by atoms with Crippen LogP contribution in [-0.4, -0.2) is 76.1 Å². The minimum Gasteiger partial charge on any atom is -0.481 e. The molecule has 5 N–H and O–H groups in total. The van der Waals surface area contributed by atoms with Gasteiger partial charge in [-0.2, -0.15) is 13.2 Å². The van der Waals surface area contributed by atoms with E-state index in [9.17, 15) is 33.0 Å². The van der Waals surface area contributed by atoms with Crippen LogP contribution < -0.4 is 10.6 Å². The minimum atomic E-state index is -5.08. The van der Waals surface area contributed by atoms with Crippen molar-refractivity contribution >= 4 is 18.0 Å². The highest BCUT2D eigenvalue weighted by Gasteiger charge is 2.39. The summed E-state index contributed by atoms with van der Waals surface area (Å²) in [7, 11) is 0. The number of urea groups is 1. The van der Waals surface area contributed by atoms with E-state index in [0.717, 1.165) is 69.2 Å². The highest BCUT2D eigenvalue weighted by atomic mass is 19.4. The van der Waals surface area contributed by atoms with E-state index < -0.39 is 29.8 Å². The molecular formula is C32H42F3N3O6. The van der Waals surface area contributed by atoms with E-state index in [4.69, 9.17) is 9.90 Å². The van der Waals surface area contributed by atoms with Crippen molar-refractivity contribution in [3.8, 4) is 0 Å². The Morgan fingerprint density at radius 2 is 1.43 bits per heavy atom. The topological polar surface area (TPSA) is 139 Å². The van der Waals surface area contributed by atoms with Gasteiger partial charge in [-0.25, -0.2) is 9.59 Å². The van der Waals surface area contributed by atoms with Crippen LogP contribution in [0, 0.1) is 11.8 Å². The molecule has 2 aromatic rings. The lowest BCUT2D eigenvalue weighted by molar-refractivity contribution is -0.192. The predicted octanol–water partition coefficient (Wildman–Crippen LogP) is 4.99. The first-order valence-corrected chi connectivity index (χ1v) is 15.0. The van der Waals surface area contributed by atoms with Crippen molar-refractivity contribution in [1.82, 2.24) is 15.5 Å². The van der Waals surface area contributed by atoms with E-state index >= 15 is 0 Å². The molecule has 0 aromatic heterocycles. The fourth-order valence-corrected chi connectivity index (χ4v) is 6.00. The first kappa shape index (κ1) is 34.8. The molecule has 12 heteroatoms. The fraction of sp³-hybridized carbons (Fsp3) is 0.531. The number of benzene rings is 2. The lowest BCUT2D eigenvalue weighted by Crippen LogP contribution is -2.54. The quantitative estimate of drug-likeness (QED) is 0.266. The van der Waals surface area contributed by atoms with Crippen molar-refractivity contribution in [2.24, 2.45) is 11.8 Å². The van der Waals surface area contributed by atoms with E-state index in [2.05, 4.69) is 15.5 Å². The Morgan fingerprint density at radius 3 is 1.91 bits per heavy atom. The van der Waals surface area contributed by atoms with Crippen LogP contribution in [0.2, 0.25) is 0 Å². The van der Waals surface area contributed by atoms with E-state index in [1.807, 2.05) is 67.6 Å². The number of carboxylic acid groups (broad SMARTS) is 2. The molecule has 2 amide bonds. The van der Waals surface area contributed by atoms with Crippen LogP contribution >= 0.6 is 0 Å². The predicted molar refractivity (Wildman–Crippen MR) is 158 cm³/mol. The molecule has 4 rings (SSSR count). The summed E-state index contributed by atoms with van der Waals surface area (Å²) in [5.41, 5.74) is 0.113. The Hall–Kier alpha value is -3.64. The Kier molecular flexibility index (Phi) is 12.6. The van der Waals surface area contributed by atoms with Gasteiger partial charge in [0.25, 0.3) is 0 Å². The average molecular weight is 622 g/mol. The highest BCUT2D eigenvalue weighted by Crippen LogP contribution is 2.33. The molecule has 242 valence electrons. The zero-order valence-corrected chi connectivity index (χ0v) is 24.8. The molecule has 1 aliphatic heterocycles. The molecule has 9 nitrogen and oxygen atoms in total. The molecule has 2 fully saturated rings. The monoisotopic (exact) mass is 621 g/mol. The summed E-state index contributed by atoms with van der Waals surface area (Å²) in [6.07, 6.45) is 1.76. The van der Waals surface area contributed by atoms with Gasteiger partial charge < -0.3 is 30.9 Å². The number of carbonyl (C=O) groups excluding carboxylic acids is 1. The molecule has 1 saturated carbocycles. The number of rotatable bonds is 9. The molecule has 1 unspecified atom stereocenters. The van der Waals surface area contributed by atoms with Crippen molar-refractivity contribution in [1.29, 1.82) is 0 Å². The summed E-state index contributed by atoms with van der Waals surface area (Å²) in [6, 6.07) is 18.3. The number of nitrogens with one attached hydrogen (secondary N) is 2. The average Bonchev–Trinajstić information content (AvgIpc) is 3.01. The van der Waals surface area contributed by atoms with Crippen molar-refractivity contribution in [2.45, 2.75) is 75.7 Å². The van der Waals surface area contributed by atoms with E-state index in [1.165, 1.54) is 0 Å². The van der Waals surface area contributed by atoms with Crippen molar-refractivity contribution in [2.75, 3.05) is 19.6 Å². The number of carbonyl (C=O) groups is 3. The molecule has 0 spiro atoms. The molecule has 0 radical (unpaired) electrons. The number of piperidine rings is 1. The van der Waals surface area contributed by atoms with Crippen LogP contribution in [0.15, 0.2) is 60.7 Å². The Bertz CT molecular complexity index is 1170. The zero-order valence-electron chi connectivity index (χ0n) is 24.8. The third kappa shape index (κ3) is 9.95. The first-order valence-electron chi connectivity index (χ1n) is 15.0. The maximum Gasteiger partial charge on any atom is 0.490 e. The number of hydrogen-bond donors (Lipinski definition) is 5. The van der Waals surface area contributed by atoms with Gasteiger partial charge in [-0.15, -0.1) is 0 Å². The molecule has 1 heterocycles. The van der Waals surface area contributed by atoms with Crippen molar-refractivity contribution in [3.05, 3.63) is 71.8 Å². The highest BCUT2D eigenvalue weighted by molar-refractivity contribution is 5.75. The van der Waals surface area contributed by atoms with E-state index in [1.54, 1.807) is 0 Å². The number of carboxylic acids is 2. The Balaban J connectivity index is 0.000000676. The molecule has 2 aliphatic rings. The first-order chi connectivity index (χ1) is 20.8. The van der Waals surface area contributed by atoms with Gasteiger partial charge in [0, 0.05) is 12.6 Å². The number of alkyl halides is 3. The number of nitrogens with zero attached hydrogens (tertiary/aromatic N) is 1. The summed E-state index contributed by atoms with van der Waals surface area (Å²) in [4.78, 5) is 35.5. The summed E-state index contributed by atoms with van der Waals surface area (Å²) in [6.45, 7) is 4.47. The molecule has 1 saturated heterocycles. The van der Waals surface area contributed by atoms with Gasteiger partial charge in [0.2, 0.25) is 0 Å². The smallest absolute Gasteiger partial charge is 0.481 e. The van der Waals surface area contributed by atoms with Crippen LogP contribution in [0.5, 0.6) is 0 Å². The molecule has 1 aliphatic carbocycles. The number of aliphatic hydroxyl groups is 1. The zero-order chi connectivity index (χ0) is 32.3. The van der Waals surface area contributed by atoms with E-state index in [-0.39, 0.29) is 18.0 Å². The second kappa shape index (κ2) is 15.9. The normalized spacial score (nSPS) is 21.7. The van der Waals surface area contributed by atoms with Gasteiger partial charge in [0.1, 0.15) is 5.60 Å². The van der Waals surface area contributed by atoms with Crippen molar-refractivity contribution in [3.63, 3.8) is 0 Å². The van der Waals surface area contributed by atoms with E-state index in [0.29, 0.717) is 12.5 Å². The lowest BCUT2D eigenvalue weighted by atomic mass is 9.81. The Labute approximate surface area is 255 Å². The van der Waals surface area contributed by atoms with Crippen LogP contribution in [0.25, 0.3) is 0 Å². The maximum absolute atomic E-state index is 12.9. The van der Waals surface area contributed by atoms with Gasteiger partial charge in [0.05, 0.1) is 12.0 Å². The number of halogens is 3. The number of aliphatic carboxylic acids is 2. The van der Waals surface area contributed by atoms with Gasteiger partial charge in [0.15, 0.2) is 0 Å². The second-order valence-electron chi connectivity index (χ2n) is 11.6. The maximum atomic E-state index is 12.9. The van der Waals surface area contributed by atoms with Crippen LogP contribution in [0.4, 0.5) is 18.0 Å². The SMILES string of the molecule is C[C@@H](NC(=O)NC1CCC(CCN2CCCC(C(=O)O)C2)CC1)C(O)(c1ccccc1)c1ccccc1.O=C(O)C(F)(F)F.